The zero-order valence-electron chi connectivity index (χ0n) is 24.6. The molecule has 0 N–H and O–H groups in total. The zero-order valence-corrected chi connectivity index (χ0v) is 24.6. The number of carbonyl (C=O) groups excluding carboxylic acids is 1. The van der Waals surface area contributed by atoms with Gasteiger partial charge in [0.1, 0.15) is 5.75 Å². The summed E-state index contributed by atoms with van der Waals surface area (Å²) in [5.41, 5.74) is 3.58. The van der Waals surface area contributed by atoms with E-state index in [0.717, 1.165) is 64.3 Å². The summed E-state index contributed by atoms with van der Waals surface area (Å²) in [5.74, 6) is 1.75. The van der Waals surface area contributed by atoms with Crippen LogP contribution in [-0.4, -0.2) is 73.0 Å². The summed E-state index contributed by atoms with van der Waals surface area (Å²) < 4.78 is 5.94. The van der Waals surface area contributed by atoms with Crippen molar-refractivity contribution < 1.29 is 9.53 Å². The molecule has 3 aliphatic rings. The number of piperidine rings is 2. The van der Waals surface area contributed by atoms with Crippen LogP contribution in [0.4, 0.5) is 5.69 Å². The van der Waals surface area contributed by atoms with E-state index in [1.54, 1.807) is 0 Å². The third-order valence-electron chi connectivity index (χ3n) is 9.53. The maximum atomic E-state index is 13.6. The number of hydrogen-bond donors (Lipinski definition) is 0. The number of ether oxygens (including phenoxy) is 1. The van der Waals surface area contributed by atoms with Crippen molar-refractivity contribution in [3.05, 3.63) is 71.1 Å². The van der Waals surface area contributed by atoms with E-state index in [2.05, 4.69) is 64.7 Å². The number of likely N-dealkylation sites (tertiary alicyclic amines) is 2. The molecule has 2 fully saturated rings. The van der Waals surface area contributed by atoms with E-state index in [-0.39, 0.29) is 17.4 Å². The standard InChI is InChI=1S/C34H46N4O2/c1-26(2)33(39)38-20-8-7-12-32(38)34(25-36(4)24-27-10-5-6-11-31(27)34)28-17-21-37(22-18-28)19-9-23-40-30-15-13-29(35-3)14-16-30/h5-6,10-11,13-16,26,28,32H,7-9,12,17-25H2,1-2,4H3. The highest BCUT2D eigenvalue weighted by atomic mass is 16.5. The van der Waals surface area contributed by atoms with Gasteiger partial charge in [-0.3, -0.25) is 4.79 Å². The number of rotatable bonds is 8. The van der Waals surface area contributed by atoms with Gasteiger partial charge in [-0.25, -0.2) is 4.85 Å². The van der Waals surface area contributed by atoms with Crippen molar-refractivity contribution in [2.75, 3.05) is 46.4 Å². The van der Waals surface area contributed by atoms with E-state index in [4.69, 9.17) is 11.3 Å². The molecule has 2 saturated heterocycles. The van der Waals surface area contributed by atoms with E-state index in [1.807, 2.05) is 24.3 Å². The number of benzene rings is 2. The number of likely N-dealkylation sites (N-methyl/N-ethyl adjacent to an activating group) is 1. The van der Waals surface area contributed by atoms with Gasteiger partial charge in [-0.15, -0.1) is 0 Å². The Morgan fingerprint density at radius 3 is 2.52 bits per heavy atom. The molecule has 6 nitrogen and oxygen atoms in total. The van der Waals surface area contributed by atoms with Crippen LogP contribution < -0.4 is 4.74 Å². The molecule has 1 amide bonds. The van der Waals surface area contributed by atoms with E-state index in [1.165, 1.54) is 30.4 Å². The molecule has 2 aromatic carbocycles. The second-order valence-corrected chi connectivity index (χ2v) is 12.5. The Balaban J connectivity index is 1.30. The van der Waals surface area contributed by atoms with Crippen LogP contribution in [0.3, 0.4) is 0 Å². The first-order chi connectivity index (χ1) is 19.4. The largest absolute Gasteiger partial charge is 0.494 e. The van der Waals surface area contributed by atoms with Crippen molar-refractivity contribution in [3.8, 4) is 5.75 Å². The van der Waals surface area contributed by atoms with Crippen LogP contribution in [0.5, 0.6) is 5.75 Å². The van der Waals surface area contributed by atoms with Gasteiger partial charge in [0.15, 0.2) is 5.69 Å². The summed E-state index contributed by atoms with van der Waals surface area (Å²) in [7, 11) is 2.27. The smallest absolute Gasteiger partial charge is 0.225 e. The molecule has 5 rings (SSSR count). The fourth-order valence-corrected chi connectivity index (χ4v) is 7.73. The summed E-state index contributed by atoms with van der Waals surface area (Å²) in [6, 6.07) is 16.8. The Bertz CT molecular complexity index is 1180. The van der Waals surface area contributed by atoms with E-state index < -0.39 is 0 Å². The lowest BCUT2D eigenvalue weighted by atomic mass is 9.58. The molecule has 214 valence electrons. The SMILES string of the molecule is [C-]#[N+]c1ccc(OCCCN2CCC(C3(C4CCCCN4C(=O)C(C)C)CN(C)Cc4ccccc43)CC2)cc1. The maximum absolute atomic E-state index is 13.6. The van der Waals surface area contributed by atoms with Gasteiger partial charge in [0, 0.05) is 43.6 Å². The molecule has 0 aliphatic carbocycles. The zero-order chi connectivity index (χ0) is 28.1. The first kappa shape index (κ1) is 28.6. The molecular weight excluding hydrogens is 496 g/mol. The quantitative estimate of drug-likeness (QED) is 0.297. The van der Waals surface area contributed by atoms with E-state index in [0.29, 0.717) is 24.1 Å². The number of amides is 1. The second-order valence-electron chi connectivity index (χ2n) is 12.5. The van der Waals surface area contributed by atoms with Crippen LogP contribution in [0.2, 0.25) is 0 Å². The van der Waals surface area contributed by atoms with E-state index >= 15 is 0 Å². The molecule has 2 unspecified atom stereocenters. The highest BCUT2D eigenvalue weighted by molar-refractivity contribution is 5.79. The maximum Gasteiger partial charge on any atom is 0.225 e. The van der Waals surface area contributed by atoms with Crippen molar-refractivity contribution in [2.24, 2.45) is 11.8 Å². The lowest BCUT2D eigenvalue weighted by Gasteiger charge is -2.57. The number of hydrogen-bond acceptors (Lipinski definition) is 4. The van der Waals surface area contributed by atoms with Gasteiger partial charge < -0.3 is 19.4 Å². The fourth-order valence-electron chi connectivity index (χ4n) is 7.73. The lowest BCUT2D eigenvalue weighted by Crippen LogP contribution is -2.64. The predicted octanol–water partition coefficient (Wildman–Crippen LogP) is 6.14. The molecule has 2 atom stereocenters. The predicted molar refractivity (Wildman–Crippen MR) is 161 cm³/mol. The summed E-state index contributed by atoms with van der Waals surface area (Å²) >= 11 is 0. The van der Waals surface area contributed by atoms with Gasteiger partial charge in [0.05, 0.1) is 13.2 Å². The summed E-state index contributed by atoms with van der Waals surface area (Å²) in [6.07, 6.45) is 6.76. The second kappa shape index (κ2) is 12.7. The fraction of sp³-hybridized carbons (Fsp3) is 0.588. The van der Waals surface area contributed by atoms with Crippen LogP contribution in [0, 0.1) is 18.4 Å². The normalized spacial score (nSPS) is 24.5. The minimum Gasteiger partial charge on any atom is -0.494 e. The summed E-state index contributed by atoms with van der Waals surface area (Å²) in [6.45, 7) is 18.1. The third kappa shape index (κ3) is 5.92. The molecule has 0 bridgehead atoms. The number of carbonyl (C=O) groups is 1. The third-order valence-corrected chi connectivity index (χ3v) is 9.53. The molecular formula is C34H46N4O2. The highest BCUT2D eigenvalue weighted by Gasteiger charge is 2.53. The Morgan fingerprint density at radius 1 is 1.05 bits per heavy atom. The van der Waals surface area contributed by atoms with Crippen molar-refractivity contribution in [2.45, 2.75) is 70.4 Å². The average molecular weight is 543 g/mol. The minimum absolute atomic E-state index is 0.0265. The van der Waals surface area contributed by atoms with Crippen LogP contribution in [0.1, 0.15) is 63.5 Å². The van der Waals surface area contributed by atoms with Crippen LogP contribution in [0.25, 0.3) is 4.85 Å². The molecule has 3 heterocycles. The van der Waals surface area contributed by atoms with Crippen molar-refractivity contribution in [3.63, 3.8) is 0 Å². The Kier molecular flexibility index (Phi) is 9.13. The highest BCUT2D eigenvalue weighted by Crippen LogP contribution is 2.49. The van der Waals surface area contributed by atoms with Gasteiger partial charge in [0.2, 0.25) is 5.91 Å². The number of fused-ring (bicyclic) bond motifs is 1. The first-order valence-corrected chi connectivity index (χ1v) is 15.3. The molecule has 0 aromatic heterocycles. The van der Waals surface area contributed by atoms with Gasteiger partial charge in [-0.05, 0) is 87.8 Å². The van der Waals surface area contributed by atoms with Crippen LogP contribution in [-0.2, 0) is 16.8 Å². The van der Waals surface area contributed by atoms with Crippen molar-refractivity contribution >= 4 is 11.6 Å². The van der Waals surface area contributed by atoms with Gasteiger partial charge in [-0.2, -0.15) is 0 Å². The Labute approximate surface area is 241 Å². The molecule has 40 heavy (non-hydrogen) atoms. The van der Waals surface area contributed by atoms with Gasteiger partial charge in [-0.1, -0.05) is 50.2 Å². The lowest BCUT2D eigenvalue weighted by molar-refractivity contribution is -0.142. The van der Waals surface area contributed by atoms with E-state index in [9.17, 15) is 4.79 Å². The first-order valence-electron chi connectivity index (χ1n) is 15.3. The molecule has 3 aliphatic heterocycles. The molecule has 0 saturated carbocycles. The molecule has 0 radical (unpaired) electrons. The van der Waals surface area contributed by atoms with Crippen molar-refractivity contribution in [1.82, 2.24) is 14.7 Å². The summed E-state index contributed by atoms with van der Waals surface area (Å²) in [4.78, 5) is 24.5. The summed E-state index contributed by atoms with van der Waals surface area (Å²) in [5, 5.41) is 0. The Morgan fingerprint density at radius 2 is 1.80 bits per heavy atom. The molecule has 0 spiro atoms. The molecule has 2 aromatic rings. The Hall–Kier alpha value is -2.88. The van der Waals surface area contributed by atoms with Crippen LogP contribution >= 0.6 is 0 Å². The van der Waals surface area contributed by atoms with Gasteiger partial charge in [0.25, 0.3) is 0 Å². The monoisotopic (exact) mass is 542 g/mol. The topological polar surface area (TPSA) is 40.4 Å². The van der Waals surface area contributed by atoms with Crippen molar-refractivity contribution in [1.29, 1.82) is 0 Å². The minimum atomic E-state index is -0.0265. The van der Waals surface area contributed by atoms with Crippen LogP contribution in [0.15, 0.2) is 48.5 Å². The molecule has 6 heteroatoms. The van der Waals surface area contributed by atoms with Gasteiger partial charge >= 0.3 is 0 Å². The average Bonchev–Trinajstić information content (AvgIpc) is 2.99. The number of nitrogens with zero attached hydrogens (tertiary/aromatic N) is 4.